The molecule has 0 bridgehead atoms. The number of fused-ring (bicyclic) bond motifs is 1. The van der Waals surface area contributed by atoms with Crippen molar-refractivity contribution in [1.29, 1.82) is 0 Å². The second-order valence-electron chi connectivity index (χ2n) is 3.10. The highest BCUT2D eigenvalue weighted by molar-refractivity contribution is 7.17. The average Bonchev–Trinajstić information content (AvgIpc) is 2.55. The third kappa shape index (κ3) is 1.38. The quantitative estimate of drug-likeness (QED) is 0.733. The Balaban J connectivity index is 2.72. The van der Waals surface area contributed by atoms with Crippen molar-refractivity contribution in [2.45, 2.75) is 13.8 Å². The Hall–Kier alpha value is -1.09. The van der Waals surface area contributed by atoms with Crippen molar-refractivity contribution < 1.29 is 9.13 Å². The number of rotatable bonds is 2. The minimum absolute atomic E-state index is 0.165. The van der Waals surface area contributed by atoms with Crippen LogP contribution in [0.25, 0.3) is 10.1 Å². The zero-order valence-electron chi connectivity index (χ0n) is 8.13. The van der Waals surface area contributed by atoms with Crippen LogP contribution < -0.4 is 4.74 Å². The molecule has 0 radical (unpaired) electrons. The van der Waals surface area contributed by atoms with E-state index >= 15 is 0 Å². The van der Waals surface area contributed by atoms with Gasteiger partial charge in [0.25, 0.3) is 0 Å². The van der Waals surface area contributed by atoms with Crippen molar-refractivity contribution in [2.24, 2.45) is 0 Å². The van der Waals surface area contributed by atoms with Crippen molar-refractivity contribution >= 4 is 21.4 Å². The molecule has 0 spiro atoms. The molecule has 0 N–H and O–H groups in total. The molecular formula is C11H11FOS. The molecule has 0 aliphatic heterocycles. The second-order valence-corrected chi connectivity index (χ2v) is 3.98. The van der Waals surface area contributed by atoms with Crippen LogP contribution in [-0.2, 0) is 0 Å². The minimum Gasteiger partial charge on any atom is -0.493 e. The van der Waals surface area contributed by atoms with E-state index in [2.05, 4.69) is 0 Å². The second kappa shape index (κ2) is 3.58. The van der Waals surface area contributed by atoms with Gasteiger partial charge in [-0.25, -0.2) is 4.39 Å². The molecule has 0 aliphatic rings. The topological polar surface area (TPSA) is 9.23 Å². The fraction of sp³-hybridized carbons (Fsp3) is 0.273. The van der Waals surface area contributed by atoms with Crippen LogP contribution in [0, 0.1) is 12.7 Å². The summed E-state index contributed by atoms with van der Waals surface area (Å²) >= 11 is 1.43. The van der Waals surface area contributed by atoms with E-state index in [1.165, 1.54) is 17.4 Å². The molecule has 0 aliphatic carbocycles. The van der Waals surface area contributed by atoms with Crippen LogP contribution in [0.5, 0.6) is 5.75 Å². The smallest absolute Gasteiger partial charge is 0.141 e. The summed E-state index contributed by atoms with van der Waals surface area (Å²) < 4.78 is 19.5. The van der Waals surface area contributed by atoms with E-state index in [0.717, 1.165) is 16.7 Å². The van der Waals surface area contributed by atoms with Crippen LogP contribution in [-0.4, -0.2) is 6.61 Å². The predicted octanol–water partition coefficient (Wildman–Crippen LogP) is 3.75. The molecule has 3 heteroatoms. The highest BCUT2D eigenvalue weighted by Gasteiger charge is 2.10. The van der Waals surface area contributed by atoms with Crippen molar-refractivity contribution in [1.82, 2.24) is 0 Å². The first-order valence-electron chi connectivity index (χ1n) is 4.53. The first kappa shape index (κ1) is 9.46. The van der Waals surface area contributed by atoms with Gasteiger partial charge in [-0.15, -0.1) is 11.3 Å². The van der Waals surface area contributed by atoms with Crippen molar-refractivity contribution in [3.05, 3.63) is 28.9 Å². The molecule has 0 unspecified atom stereocenters. The van der Waals surface area contributed by atoms with Crippen molar-refractivity contribution in [3.63, 3.8) is 0 Å². The zero-order valence-corrected chi connectivity index (χ0v) is 8.95. The molecule has 74 valence electrons. The largest absolute Gasteiger partial charge is 0.493 e. The van der Waals surface area contributed by atoms with E-state index in [-0.39, 0.29) is 5.82 Å². The highest BCUT2D eigenvalue weighted by Crippen LogP contribution is 2.35. The number of ether oxygens (including phenoxy) is 1. The molecule has 1 aromatic heterocycles. The van der Waals surface area contributed by atoms with Crippen LogP contribution in [0.1, 0.15) is 12.5 Å². The van der Waals surface area contributed by atoms with Gasteiger partial charge in [0.1, 0.15) is 11.6 Å². The van der Waals surface area contributed by atoms with Gasteiger partial charge in [0, 0.05) is 5.39 Å². The molecule has 0 saturated heterocycles. The lowest BCUT2D eigenvalue weighted by Crippen LogP contribution is -1.92. The standard InChI is InChI=1S/C11H11FOS/c1-3-13-9-5-4-8(12)11-10(9)7(2)6-14-11/h4-6H,3H2,1-2H3. The molecule has 1 heterocycles. The third-order valence-corrected chi connectivity index (χ3v) is 3.23. The Bertz CT molecular complexity index is 462. The molecule has 1 aromatic carbocycles. The van der Waals surface area contributed by atoms with E-state index in [9.17, 15) is 4.39 Å². The van der Waals surface area contributed by atoms with Gasteiger partial charge in [0.05, 0.1) is 11.3 Å². The lowest BCUT2D eigenvalue weighted by molar-refractivity contribution is 0.344. The van der Waals surface area contributed by atoms with Gasteiger partial charge < -0.3 is 4.74 Å². The maximum atomic E-state index is 13.4. The minimum atomic E-state index is -0.165. The van der Waals surface area contributed by atoms with Gasteiger partial charge in [-0.2, -0.15) is 0 Å². The Kier molecular flexibility index (Phi) is 2.42. The molecule has 2 rings (SSSR count). The average molecular weight is 210 g/mol. The number of aryl methyl sites for hydroxylation is 1. The van der Waals surface area contributed by atoms with Crippen molar-refractivity contribution in [3.8, 4) is 5.75 Å². The van der Waals surface area contributed by atoms with Crippen LogP contribution in [0.15, 0.2) is 17.5 Å². The summed E-state index contributed by atoms with van der Waals surface area (Å²) in [6.45, 7) is 4.51. The van der Waals surface area contributed by atoms with Crippen LogP contribution in [0.3, 0.4) is 0 Å². The summed E-state index contributed by atoms with van der Waals surface area (Å²) in [6, 6.07) is 3.16. The lowest BCUT2D eigenvalue weighted by Gasteiger charge is -2.05. The SMILES string of the molecule is CCOc1ccc(F)c2scc(C)c12. The summed E-state index contributed by atoms with van der Waals surface area (Å²) in [5, 5.41) is 2.87. The van der Waals surface area contributed by atoms with Gasteiger partial charge in [-0.3, -0.25) is 0 Å². The van der Waals surface area contributed by atoms with E-state index < -0.39 is 0 Å². The van der Waals surface area contributed by atoms with E-state index in [4.69, 9.17) is 4.74 Å². The van der Waals surface area contributed by atoms with E-state index in [0.29, 0.717) is 11.3 Å². The molecule has 1 nitrogen and oxygen atoms in total. The van der Waals surface area contributed by atoms with Crippen LogP contribution in [0.2, 0.25) is 0 Å². The fourth-order valence-corrected chi connectivity index (χ4v) is 2.48. The summed E-state index contributed by atoms with van der Waals surface area (Å²) in [7, 11) is 0. The van der Waals surface area contributed by atoms with Crippen LogP contribution in [0.4, 0.5) is 4.39 Å². The van der Waals surface area contributed by atoms with Crippen molar-refractivity contribution in [2.75, 3.05) is 6.61 Å². The number of hydrogen-bond donors (Lipinski definition) is 0. The first-order chi connectivity index (χ1) is 6.74. The van der Waals surface area contributed by atoms with Gasteiger partial charge in [0.2, 0.25) is 0 Å². The molecule has 0 atom stereocenters. The summed E-state index contributed by atoms with van der Waals surface area (Å²) in [5.41, 5.74) is 1.08. The molecule has 0 saturated carbocycles. The number of benzene rings is 1. The number of thiophene rings is 1. The maximum Gasteiger partial charge on any atom is 0.141 e. The normalized spacial score (nSPS) is 10.8. The van der Waals surface area contributed by atoms with Gasteiger partial charge in [0.15, 0.2) is 0 Å². The molecule has 0 amide bonds. The first-order valence-corrected chi connectivity index (χ1v) is 5.41. The summed E-state index contributed by atoms with van der Waals surface area (Å²) in [6.07, 6.45) is 0. The van der Waals surface area contributed by atoms with E-state index in [1.54, 1.807) is 6.07 Å². The number of hydrogen-bond acceptors (Lipinski definition) is 2. The monoisotopic (exact) mass is 210 g/mol. The highest BCUT2D eigenvalue weighted by atomic mass is 32.1. The zero-order chi connectivity index (χ0) is 10.1. The maximum absolute atomic E-state index is 13.4. The van der Waals surface area contributed by atoms with Gasteiger partial charge in [-0.05, 0) is 36.9 Å². The third-order valence-electron chi connectivity index (χ3n) is 2.12. The van der Waals surface area contributed by atoms with Gasteiger partial charge >= 0.3 is 0 Å². The Morgan fingerprint density at radius 1 is 1.43 bits per heavy atom. The predicted molar refractivity (Wildman–Crippen MR) is 57.7 cm³/mol. The van der Waals surface area contributed by atoms with E-state index in [1.807, 2.05) is 19.2 Å². The van der Waals surface area contributed by atoms with Crippen LogP contribution >= 0.6 is 11.3 Å². The summed E-state index contributed by atoms with van der Waals surface area (Å²) in [5.74, 6) is 0.615. The molecule has 0 fully saturated rings. The summed E-state index contributed by atoms with van der Waals surface area (Å²) in [4.78, 5) is 0. The fourth-order valence-electron chi connectivity index (χ4n) is 1.51. The Morgan fingerprint density at radius 2 is 2.21 bits per heavy atom. The Labute approximate surface area is 86.1 Å². The lowest BCUT2D eigenvalue weighted by atomic mass is 10.2. The number of halogens is 1. The molecular weight excluding hydrogens is 199 g/mol. The Morgan fingerprint density at radius 3 is 2.93 bits per heavy atom. The van der Waals surface area contributed by atoms with Gasteiger partial charge in [-0.1, -0.05) is 0 Å². The molecule has 14 heavy (non-hydrogen) atoms. The molecule has 2 aromatic rings.